The quantitative estimate of drug-likeness (QED) is 0.750. The molecule has 3 rings (SSSR count). The molecule has 24 heavy (non-hydrogen) atoms. The van der Waals surface area contributed by atoms with E-state index in [9.17, 15) is 9.90 Å². The number of methoxy groups -OCH3 is 1. The number of nitrogens with one attached hydrogen (secondary N) is 1. The van der Waals surface area contributed by atoms with Crippen molar-refractivity contribution >= 4 is 17.5 Å². The Morgan fingerprint density at radius 1 is 1.17 bits per heavy atom. The number of ether oxygens (including phenoxy) is 1. The van der Waals surface area contributed by atoms with Crippen molar-refractivity contribution in [1.29, 1.82) is 0 Å². The second kappa shape index (κ2) is 6.45. The normalized spacial score (nSPS) is 10.4. The fourth-order valence-electron chi connectivity index (χ4n) is 2.44. The Kier molecular flexibility index (Phi) is 4.20. The van der Waals surface area contributed by atoms with E-state index in [0.717, 1.165) is 17.1 Å². The number of aryl methyl sites for hydroxylation is 1. The maximum Gasteiger partial charge on any atom is 0.337 e. The summed E-state index contributed by atoms with van der Waals surface area (Å²) in [5.41, 5.74) is 2.34. The maximum absolute atomic E-state index is 11.4. The topological polar surface area (TPSA) is 76.4 Å². The second-order valence-corrected chi connectivity index (χ2v) is 5.26. The number of anilines is 2. The molecule has 3 aromatic rings. The van der Waals surface area contributed by atoms with Gasteiger partial charge in [-0.15, -0.1) is 0 Å². The molecule has 0 aliphatic heterocycles. The van der Waals surface area contributed by atoms with Crippen LogP contribution in [0.25, 0.3) is 5.69 Å². The summed E-state index contributed by atoms with van der Waals surface area (Å²) in [5, 5.41) is 17.0. The molecule has 0 fully saturated rings. The van der Waals surface area contributed by atoms with Gasteiger partial charge >= 0.3 is 5.97 Å². The van der Waals surface area contributed by atoms with Crippen molar-refractivity contribution in [3.63, 3.8) is 0 Å². The molecule has 0 amide bonds. The van der Waals surface area contributed by atoms with Crippen LogP contribution < -0.4 is 10.1 Å². The largest absolute Gasteiger partial charge is 0.497 e. The molecule has 0 radical (unpaired) electrons. The molecule has 0 saturated carbocycles. The number of nitrogens with zero attached hydrogens (tertiary/aromatic N) is 2. The lowest BCUT2D eigenvalue weighted by atomic mass is 10.2. The van der Waals surface area contributed by atoms with Crippen molar-refractivity contribution in [2.75, 3.05) is 12.4 Å². The molecule has 0 saturated heterocycles. The second-order valence-electron chi connectivity index (χ2n) is 5.26. The first-order chi connectivity index (χ1) is 11.6. The van der Waals surface area contributed by atoms with Crippen molar-refractivity contribution in [2.24, 2.45) is 0 Å². The predicted molar refractivity (Wildman–Crippen MR) is 91.5 cm³/mol. The van der Waals surface area contributed by atoms with Crippen LogP contribution in [-0.4, -0.2) is 28.0 Å². The summed E-state index contributed by atoms with van der Waals surface area (Å²) in [7, 11) is 1.61. The molecule has 0 atom stereocenters. The van der Waals surface area contributed by atoms with E-state index in [-0.39, 0.29) is 5.56 Å². The summed E-state index contributed by atoms with van der Waals surface area (Å²) in [6, 6.07) is 16.1. The summed E-state index contributed by atoms with van der Waals surface area (Å²) in [6.45, 7) is 1.88. The number of carboxylic acids is 1. The fourth-order valence-corrected chi connectivity index (χ4v) is 2.44. The average Bonchev–Trinajstić information content (AvgIpc) is 2.95. The van der Waals surface area contributed by atoms with Gasteiger partial charge in [-0.3, -0.25) is 0 Å². The van der Waals surface area contributed by atoms with E-state index in [1.165, 1.54) is 0 Å². The summed E-state index contributed by atoms with van der Waals surface area (Å²) in [6.07, 6.45) is 0. The molecule has 0 aliphatic carbocycles. The van der Waals surface area contributed by atoms with Crippen molar-refractivity contribution in [2.45, 2.75) is 6.92 Å². The standard InChI is InChI=1S/C18H17N3O3/c1-12-10-17(19-16-9-4-3-8-15(16)18(22)23)21(20-12)13-6-5-7-14(11-13)24-2/h3-11,19H,1-2H3,(H,22,23). The number of hydrogen-bond donors (Lipinski definition) is 2. The van der Waals surface area contributed by atoms with Crippen molar-refractivity contribution in [3.05, 3.63) is 65.9 Å². The molecule has 0 spiro atoms. The minimum Gasteiger partial charge on any atom is -0.497 e. The van der Waals surface area contributed by atoms with Crippen molar-refractivity contribution in [1.82, 2.24) is 9.78 Å². The zero-order valence-electron chi connectivity index (χ0n) is 13.4. The Morgan fingerprint density at radius 2 is 1.96 bits per heavy atom. The Bertz CT molecular complexity index is 887. The lowest BCUT2D eigenvalue weighted by molar-refractivity contribution is 0.0698. The molecular formula is C18H17N3O3. The van der Waals surface area contributed by atoms with Gasteiger partial charge in [0.05, 0.1) is 29.7 Å². The SMILES string of the molecule is COc1cccc(-n2nc(C)cc2Nc2ccccc2C(=O)O)c1. The van der Waals surface area contributed by atoms with Gasteiger partial charge in [0.25, 0.3) is 0 Å². The van der Waals surface area contributed by atoms with Crippen LogP contribution in [0.3, 0.4) is 0 Å². The molecular weight excluding hydrogens is 306 g/mol. The van der Waals surface area contributed by atoms with Crippen LogP contribution in [0, 0.1) is 6.92 Å². The predicted octanol–water partition coefficient (Wildman–Crippen LogP) is 3.63. The molecule has 2 N–H and O–H groups in total. The Labute approximate surface area is 139 Å². The van der Waals surface area contributed by atoms with Crippen LogP contribution in [0.5, 0.6) is 5.75 Å². The minimum absolute atomic E-state index is 0.202. The summed E-state index contributed by atoms with van der Waals surface area (Å²) >= 11 is 0. The summed E-state index contributed by atoms with van der Waals surface area (Å²) in [4.78, 5) is 11.4. The maximum atomic E-state index is 11.4. The molecule has 2 aromatic carbocycles. The van der Waals surface area contributed by atoms with Gasteiger partial charge in [-0.1, -0.05) is 18.2 Å². The van der Waals surface area contributed by atoms with Gasteiger partial charge in [0, 0.05) is 12.1 Å². The molecule has 6 heteroatoms. The molecule has 1 aromatic heterocycles. The van der Waals surface area contributed by atoms with E-state index in [1.54, 1.807) is 36.1 Å². The van der Waals surface area contributed by atoms with Crippen molar-refractivity contribution < 1.29 is 14.6 Å². The van der Waals surface area contributed by atoms with Gasteiger partial charge in [-0.25, -0.2) is 9.48 Å². The van der Waals surface area contributed by atoms with Gasteiger partial charge in [-0.05, 0) is 31.2 Å². The highest BCUT2D eigenvalue weighted by Gasteiger charge is 2.13. The van der Waals surface area contributed by atoms with E-state index >= 15 is 0 Å². The van der Waals surface area contributed by atoms with Gasteiger partial charge < -0.3 is 15.2 Å². The minimum atomic E-state index is -0.984. The van der Waals surface area contributed by atoms with Crippen LogP contribution in [0.4, 0.5) is 11.5 Å². The monoisotopic (exact) mass is 323 g/mol. The average molecular weight is 323 g/mol. The molecule has 122 valence electrons. The molecule has 0 aliphatic rings. The third-order valence-corrected chi connectivity index (χ3v) is 3.55. The van der Waals surface area contributed by atoms with E-state index in [1.807, 2.05) is 37.3 Å². The van der Waals surface area contributed by atoms with Gasteiger partial charge in [0.15, 0.2) is 0 Å². The number of para-hydroxylation sites is 1. The fraction of sp³-hybridized carbons (Fsp3) is 0.111. The smallest absolute Gasteiger partial charge is 0.337 e. The summed E-state index contributed by atoms with van der Waals surface area (Å²) < 4.78 is 6.97. The number of aromatic carboxylic acids is 1. The highest BCUT2D eigenvalue weighted by Crippen LogP contribution is 2.25. The summed E-state index contributed by atoms with van der Waals surface area (Å²) in [5.74, 6) is 0.411. The Balaban J connectivity index is 2.03. The molecule has 0 unspecified atom stereocenters. The highest BCUT2D eigenvalue weighted by molar-refractivity contribution is 5.95. The van der Waals surface area contributed by atoms with Crippen LogP contribution >= 0.6 is 0 Å². The first kappa shape index (κ1) is 15.6. The van der Waals surface area contributed by atoms with Gasteiger partial charge in [0.2, 0.25) is 0 Å². The number of hydrogen-bond acceptors (Lipinski definition) is 4. The third-order valence-electron chi connectivity index (χ3n) is 3.55. The van der Waals surface area contributed by atoms with E-state index in [4.69, 9.17) is 4.74 Å². The molecule has 6 nitrogen and oxygen atoms in total. The van der Waals surface area contributed by atoms with E-state index in [0.29, 0.717) is 11.5 Å². The van der Waals surface area contributed by atoms with Gasteiger partial charge in [0.1, 0.15) is 11.6 Å². The van der Waals surface area contributed by atoms with E-state index < -0.39 is 5.97 Å². The van der Waals surface area contributed by atoms with Gasteiger partial charge in [-0.2, -0.15) is 5.10 Å². The lowest BCUT2D eigenvalue weighted by Gasteiger charge is -2.12. The number of carbonyl (C=O) groups is 1. The number of carboxylic acid groups (broad SMARTS) is 1. The number of aromatic nitrogens is 2. The molecule has 1 heterocycles. The Morgan fingerprint density at radius 3 is 2.71 bits per heavy atom. The number of rotatable bonds is 5. The molecule has 0 bridgehead atoms. The first-order valence-electron chi connectivity index (χ1n) is 7.39. The zero-order chi connectivity index (χ0) is 17.1. The third kappa shape index (κ3) is 3.08. The zero-order valence-corrected chi connectivity index (χ0v) is 13.4. The van der Waals surface area contributed by atoms with E-state index in [2.05, 4.69) is 10.4 Å². The van der Waals surface area contributed by atoms with Crippen LogP contribution in [0.15, 0.2) is 54.6 Å². The highest BCUT2D eigenvalue weighted by atomic mass is 16.5. The van der Waals surface area contributed by atoms with Crippen LogP contribution in [0.1, 0.15) is 16.1 Å². The van der Waals surface area contributed by atoms with Crippen molar-refractivity contribution in [3.8, 4) is 11.4 Å². The Hall–Kier alpha value is -3.28. The first-order valence-corrected chi connectivity index (χ1v) is 7.39. The lowest BCUT2D eigenvalue weighted by Crippen LogP contribution is -2.06. The van der Waals surface area contributed by atoms with Crippen LogP contribution in [0.2, 0.25) is 0 Å². The van der Waals surface area contributed by atoms with Crippen LogP contribution in [-0.2, 0) is 0 Å². The number of benzene rings is 2.